The number of fused-ring (bicyclic) bond motifs is 4. The zero-order chi connectivity index (χ0) is 29.4. The first-order valence-electron chi connectivity index (χ1n) is 13.6. The van der Waals surface area contributed by atoms with E-state index in [1.807, 2.05) is 48.5 Å². The van der Waals surface area contributed by atoms with Crippen LogP contribution in [0.25, 0.3) is 22.3 Å². The number of aliphatic hydroxyl groups excluding tert-OH is 1. The Morgan fingerprint density at radius 1 is 1.14 bits per heavy atom. The van der Waals surface area contributed by atoms with Crippen LogP contribution in [0, 0.1) is 0 Å². The molecule has 42 heavy (non-hydrogen) atoms. The van der Waals surface area contributed by atoms with Gasteiger partial charge in [-0.2, -0.15) is 0 Å². The van der Waals surface area contributed by atoms with Gasteiger partial charge in [-0.15, -0.1) is 0 Å². The van der Waals surface area contributed by atoms with Gasteiger partial charge in [-0.3, -0.25) is 14.3 Å². The molecular formula is C29H31N7O6. The lowest BCUT2D eigenvalue weighted by atomic mass is 10.1. The fraction of sp³-hybridized carbons (Fsp3) is 0.345. The van der Waals surface area contributed by atoms with Crippen LogP contribution in [-0.4, -0.2) is 80.2 Å². The largest absolute Gasteiger partial charge is 0.436 e. The van der Waals surface area contributed by atoms with Gasteiger partial charge < -0.3 is 30.4 Å². The van der Waals surface area contributed by atoms with E-state index in [0.717, 1.165) is 22.3 Å². The summed E-state index contributed by atoms with van der Waals surface area (Å²) >= 11 is 0. The number of carbonyl (C=O) groups is 2. The molecule has 6 rings (SSSR count). The molecule has 3 heterocycles. The van der Waals surface area contributed by atoms with Gasteiger partial charge in [0.25, 0.3) is 0 Å². The number of aliphatic hydroxyl groups is 1. The molecule has 13 heteroatoms. The first-order chi connectivity index (χ1) is 20.3. The molecule has 1 aliphatic heterocycles. The first kappa shape index (κ1) is 27.6. The van der Waals surface area contributed by atoms with Gasteiger partial charge >= 0.3 is 6.09 Å². The van der Waals surface area contributed by atoms with E-state index in [9.17, 15) is 14.7 Å². The Kier molecular flexibility index (Phi) is 7.45. The zero-order valence-electron chi connectivity index (χ0n) is 23.1. The number of hydrogen-bond acceptors (Lipinski definition) is 10. The predicted molar refractivity (Wildman–Crippen MR) is 151 cm³/mol. The minimum Gasteiger partial charge on any atom is -0.436 e. The summed E-state index contributed by atoms with van der Waals surface area (Å²) in [6.45, 7) is 1.64. The van der Waals surface area contributed by atoms with Crippen molar-refractivity contribution in [2.24, 2.45) is 0 Å². The highest BCUT2D eigenvalue weighted by atomic mass is 16.6. The summed E-state index contributed by atoms with van der Waals surface area (Å²) in [7, 11) is 1.52. The number of benzene rings is 2. The van der Waals surface area contributed by atoms with Crippen molar-refractivity contribution >= 4 is 29.0 Å². The SMILES string of the molecule is C[C@@H](C(=O)NCOC[C@@H]1C[C@@H](O)[C@H](n2cnc3c(N)ncnc32)O1)N(C)C(=O)OC1c2ccccc2-c2ccccc21. The lowest BCUT2D eigenvalue weighted by Gasteiger charge is -2.26. The summed E-state index contributed by atoms with van der Waals surface area (Å²) in [5.41, 5.74) is 10.6. The van der Waals surface area contributed by atoms with E-state index in [2.05, 4.69) is 20.3 Å². The Morgan fingerprint density at radius 2 is 1.83 bits per heavy atom. The highest BCUT2D eigenvalue weighted by Crippen LogP contribution is 2.45. The second-order valence-corrected chi connectivity index (χ2v) is 10.3. The third-order valence-corrected chi connectivity index (χ3v) is 7.72. The summed E-state index contributed by atoms with van der Waals surface area (Å²) in [6.07, 6.45) is 0.00940. The Hall–Kier alpha value is -4.59. The molecule has 2 aromatic carbocycles. The number of anilines is 1. The monoisotopic (exact) mass is 573 g/mol. The van der Waals surface area contributed by atoms with E-state index in [0.29, 0.717) is 17.6 Å². The van der Waals surface area contributed by atoms with Gasteiger partial charge in [-0.05, 0) is 18.1 Å². The molecule has 2 aliphatic rings. The Bertz CT molecular complexity index is 1580. The number of nitrogens with two attached hydrogens (primary N) is 1. The van der Waals surface area contributed by atoms with E-state index >= 15 is 0 Å². The molecule has 0 saturated carbocycles. The van der Waals surface area contributed by atoms with E-state index in [1.54, 1.807) is 11.5 Å². The Morgan fingerprint density at radius 3 is 2.55 bits per heavy atom. The normalized spacial score (nSPS) is 20.2. The second-order valence-electron chi connectivity index (χ2n) is 10.3. The van der Waals surface area contributed by atoms with Crippen molar-refractivity contribution in [2.75, 3.05) is 26.1 Å². The molecular weight excluding hydrogens is 542 g/mol. The van der Waals surface area contributed by atoms with Crippen LogP contribution >= 0.6 is 0 Å². The number of carbonyl (C=O) groups excluding carboxylic acids is 2. The maximum Gasteiger partial charge on any atom is 0.411 e. The average molecular weight is 574 g/mol. The van der Waals surface area contributed by atoms with Crippen molar-refractivity contribution in [2.45, 2.75) is 43.9 Å². The molecule has 4 aromatic rings. The number of imidazole rings is 1. The Balaban J connectivity index is 0.985. The van der Waals surface area contributed by atoms with Gasteiger partial charge in [0.05, 0.1) is 19.0 Å². The standard InChI is InChI=1S/C29H31N7O6/c1-16(35(2)29(39)42-24-20-9-5-3-7-18(20)19-8-4-6-10-21(19)24)27(38)34-15-40-12-17-11-22(37)28(41-17)36-14-33-23-25(30)31-13-32-26(23)36/h3-10,13-14,16-17,22,24,28,37H,11-12,15H2,1-2H3,(H,34,38)(H2,30,31,32)/t16-,17-,22+,28+/m0/s1. The van der Waals surface area contributed by atoms with Crippen molar-refractivity contribution < 1.29 is 28.9 Å². The fourth-order valence-electron chi connectivity index (χ4n) is 5.36. The number of nitrogen functional groups attached to an aromatic ring is 1. The second kappa shape index (κ2) is 11.4. The van der Waals surface area contributed by atoms with E-state index < -0.39 is 42.6 Å². The molecule has 0 bridgehead atoms. The van der Waals surface area contributed by atoms with Gasteiger partial charge in [0, 0.05) is 24.6 Å². The van der Waals surface area contributed by atoms with Crippen LogP contribution in [-0.2, 0) is 19.0 Å². The van der Waals surface area contributed by atoms with E-state index in [1.165, 1.54) is 24.6 Å². The number of ether oxygens (including phenoxy) is 3. The van der Waals surface area contributed by atoms with Gasteiger partial charge in [0.1, 0.15) is 30.7 Å². The summed E-state index contributed by atoms with van der Waals surface area (Å²) < 4.78 is 19.1. The fourth-order valence-corrected chi connectivity index (χ4v) is 5.36. The number of nitrogens with one attached hydrogen (secondary N) is 1. The smallest absolute Gasteiger partial charge is 0.411 e. The number of aromatic nitrogens is 4. The molecule has 2 amide bonds. The summed E-state index contributed by atoms with van der Waals surface area (Å²) in [5.74, 6) is -0.168. The van der Waals surface area contributed by atoms with Crippen molar-refractivity contribution in [3.63, 3.8) is 0 Å². The molecule has 1 fully saturated rings. The Labute approximate surface area is 241 Å². The highest BCUT2D eigenvalue weighted by molar-refractivity contribution is 5.86. The van der Waals surface area contributed by atoms with Crippen LogP contribution in [0.2, 0.25) is 0 Å². The molecule has 4 N–H and O–H groups in total. The van der Waals surface area contributed by atoms with Crippen LogP contribution in [0.3, 0.4) is 0 Å². The minimum atomic E-state index is -0.819. The average Bonchev–Trinajstić information content (AvgIpc) is 3.69. The minimum absolute atomic E-state index is 0.103. The van der Waals surface area contributed by atoms with Gasteiger partial charge in [-0.25, -0.2) is 19.7 Å². The van der Waals surface area contributed by atoms with Crippen LogP contribution in [0.5, 0.6) is 0 Å². The third-order valence-electron chi connectivity index (χ3n) is 7.72. The summed E-state index contributed by atoms with van der Waals surface area (Å²) in [6, 6.07) is 14.8. The van der Waals surface area contributed by atoms with Gasteiger partial charge in [-0.1, -0.05) is 48.5 Å². The zero-order valence-corrected chi connectivity index (χ0v) is 23.1. The van der Waals surface area contributed by atoms with E-state index in [-0.39, 0.29) is 19.2 Å². The van der Waals surface area contributed by atoms with Crippen LogP contribution in [0.4, 0.5) is 10.6 Å². The molecule has 2 aromatic heterocycles. The quantitative estimate of drug-likeness (QED) is 0.210. The van der Waals surface area contributed by atoms with Crippen molar-refractivity contribution in [3.8, 4) is 11.1 Å². The molecule has 218 valence electrons. The molecule has 0 unspecified atom stereocenters. The van der Waals surface area contributed by atoms with Crippen molar-refractivity contribution in [1.82, 2.24) is 29.7 Å². The van der Waals surface area contributed by atoms with Crippen LogP contribution in [0.1, 0.15) is 36.8 Å². The number of nitrogens with zero attached hydrogens (tertiary/aromatic N) is 5. The lowest BCUT2D eigenvalue weighted by molar-refractivity contribution is -0.127. The lowest BCUT2D eigenvalue weighted by Crippen LogP contribution is -2.47. The van der Waals surface area contributed by atoms with Gasteiger partial charge in [0.2, 0.25) is 5.91 Å². The molecule has 1 saturated heterocycles. The number of rotatable bonds is 8. The number of likely N-dealkylation sites (N-methyl/N-ethyl adjacent to an activating group) is 1. The van der Waals surface area contributed by atoms with Crippen LogP contribution in [0.15, 0.2) is 61.2 Å². The maximum absolute atomic E-state index is 13.1. The molecule has 0 radical (unpaired) electrons. The number of amides is 2. The topological polar surface area (TPSA) is 167 Å². The molecule has 13 nitrogen and oxygen atoms in total. The highest BCUT2D eigenvalue weighted by Gasteiger charge is 2.37. The van der Waals surface area contributed by atoms with E-state index in [4.69, 9.17) is 19.9 Å². The maximum atomic E-state index is 13.1. The summed E-state index contributed by atoms with van der Waals surface area (Å²) in [4.78, 5) is 39.4. The third kappa shape index (κ3) is 5.02. The summed E-state index contributed by atoms with van der Waals surface area (Å²) in [5, 5.41) is 13.3. The molecule has 0 spiro atoms. The predicted octanol–water partition coefficient (Wildman–Crippen LogP) is 2.37. The molecule has 1 aliphatic carbocycles. The van der Waals surface area contributed by atoms with Crippen LogP contribution < -0.4 is 11.1 Å². The van der Waals surface area contributed by atoms with Gasteiger partial charge in [0.15, 0.2) is 23.8 Å². The van der Waals surface area contributed by atoms with Crippen molar-refractivity contribution in [3.05, 3.63) is 72.3 Å². The number of hydrogen-bond donors (Lipinski definition) is 3. The van der Waals surface area contributed by atoms with Crippen molar-refractivity contribution in [1.29, 1.82) is 0 Å². The molecule has 4 atom stereocenters. The first-order valence-corrected chi connectivity index (χ1v) is 13.6.